The van der Waals surface area contributed by atoms with Crippen LogP contribution in [0.15, 0.2) is 474 Å². The summed E-state index contributed by atoms with van der Waals surface area (Å²) in [6.45, 7) is 4.67. The molecule has 0 fully saturated rings. The molecule has 0 saturated carbocycles. The Kier molecular flexibility index (Phi) is 22.5. The van der Waals surface area contributed by atoms with Gasteiger partial charge in [0, 0.05) is 89.9 Å². The Bertz CT molecular complexity index is 7060. The van der Waals surface area contributed by atoms with Gasteiger partial charge in [0.05, 0.1) is 5.69 Å². The Morgan fingerprint density at radius 2 is 0.549 bits per heavy atom. The van der Waals surface area contributed by atoms with E-state index in [9.17, 15) is 0 Å². The van der Waals surface area contributed by atoms with Crippen LogP contribution in [0.1, 0.15) is 25.0 Å². The van der Waals surface area contributed by atoms with Crippen molar-refractivity contribution in [2.24, 2.45) is 0 Å². The molecule has 0 saturated heterocycles. The van der Waals surface area contributed by atoms with Gasteiger partial charge >= 0.3 is 0 Å². The fraction of sp³-hybridized carbons (Fsp3) is 0.0261. The summed E-state index contributed by atoms with van der Waals surface area (Å²) in [6.07, 6.45) is 0. The second kappa shape index (κ2) is 35.1. The molecular weight excluding hydrogens is 1700 g/mol. The third-order valence-corrected chi connectivity index (χ3v) is 25.6. The number of anilines is 9. The summed E-state index contributed by atoms with van der Waals surface area (Å²) in [5.74, 6) is 0. The normalized spacial score (nSPS) is 11.7. The largest absolute Gasteiger partial charge is 0.310 e. The number of thiophene rings is 1. The Morgan fingerprint density at radius 3 is 1.14 bits per heavy atom. The number of rotatable bonds is 16. The van der Waals surface area contributed by atoms with E-state index in [0.29, 0.717) is 0 Å². The van der Waals surface area contributed by atoms with Crippen LogP contribution in [0.3, 0.4) is 0 Å². The van der Waals surface area contributed by atoms with Gasteiger partial charge in [0.2, 0.25) is 0 Å². The highest BCUT2D eigenvalue weighted by molar-refractivity contribution is 9.11. The second-order valence-electron chi connectivity index (χ2n) is 31.2. The van der Waals surface area contributed by atoms with Crippen molar-refractivity contribution in [1.29, 1.82) is 0 Å². The fourth-order valence-corrected chi connectivity index (χ4v) is 19.9. The van der Waals surface area contributed by atoms with Crippen LogP contribution in [0.5, 0.6) is 0 Å². The van der Waals surface area contributed by atoms with Gasteiger partial charge in [-0.05, 0) is 257 Å². The molecule has 0 N–H and O–H groups in total. The number of fused-ring (bicyclic) bond motifs is 7. The van der Waals surface area contributed by atoms with Crippen LogP contribution in [0.25, 0.3) is 120 Å². The number of hydrogen-bond donors (Lipinski definition) is 0. The highest BCUT2D eigenvalue weighted by atomic mass is 79.9. The van der Waals surface area contributed by atoms with Gasteiger partial charge in [-0.15, -0.1) is 11.3 Å². The standard InChI is InChI=1S/C42H30BrN.C39H30BrN.C34H22BrNS/c43-39-27-38(37-25-35(32-16-7-2-8-17-32)24-36(26-37)33-18-9-3-10-19-33)29-42(30-39)44(40-21-11-4-12-22-40)41-23-13-20-34(28-41)31-14-5-1-6-15-31;1-39(2)37-16-10-9-15-35(37)36-22-19-29(25-38(36)39)30-23-31(40)26-34(24-30)41(32-13-7-4-8-14-32)33-20-17-28(18-21-33)27-11-5-3-6-12-27;35-25-20-24(29-16-9-17-31-30-15-6-7-19-33(30)37-34(29)31)21-27(22-25)36(26-12-2-1-3-13-26)32-18-8-11-23-10-4-5-14-28(23)32/h1-30H;3-26H,1-2H3;1-22H. The third-order valence-electron chi connectivity index (χ3n) is 23.0. The molecule has 1 aliphatic rings. The molecule has 0 atom stereocenters. The van der Waals surface area contributed by atoms with Gasteiger partial charge in [-0.3, -0.25) is 0 Å². The molecule has 20 aromatic rings. The first kappa shape index (κ1) is 78.4. The summed E-state index contributed by atoms with van der Waals surface area (Å²) in [4.78, 5) is 7.03. The van der Waals surface area contributed by atoms with E-state index < -0.39 is 0 Å². The van der Waals surface area contributed by atoms with Gasteiger partial charge < -0.3 is 14.7 Å². The predicted molar refractivity (Wildman–Crippen MR) is 532 cm³/mol. The van der Waals surface area contributed by atoms with Gasteiger partial charge in [-0.25, -0.2) is 0 Å². The molecule has 1 aliphatic carbocycles. The molecule has 7 heteroatoms. The lowest BCUT2D eigenvalue weighted by Gasteiger charge is -2.27. The number of nitrogens with zero attached hydrogens (tertiary/aromatic N) is 3. The van der Waals surface area contributed by atoms with Crippen LogP contribution in [-0.4, -0.2) is 0 Å². The lowest BCUT2D eigenvalue weighted by molar-refractivity contribution is 0.660. The topological polar surface area (TPSA) is 9.72 Å². The summed E-state index contributed by atoms with van der Waals surface area (Å²) in [5, 5.41) is 5.09. The van der Waals surface area contributed by atoms with E-state index in [0.717, 1.165) is 70.2 Å². The molecule has 0 aliphatic heterocycles. The Hall–Kier alpha value is -13.5. The van der Waals surface area contributed by atoms with E-state index in [1.165, 1.54) is 126 Å². The van der Waals surface area contributed by atoms with Crippen molar-refractivity contribution in [3.05, 3.63) is 486 Å². The Balaban J connectivity index is 0.000000121. The molecule has 3 nitrogen and oxygen atoms in total. The number of para-hydroxylation sites is 3. The van der Waals surface area contributed by atoms with E-state index >= 15 is 0 Å². The van der Waals surface area contributed by atoms with Crippen molar-refractivity contribution in [3.63, 3.8) is 0 Å². The Labute approximate surface area is 743 Å². The average molecular weight is 1780 g/mol. The van der Waals surface area contributed by atoms with Gasteiger partial charge in [-0.2, -0.15) is 0 Å². The minimum absolute atomic E-state index is 0.0344. The minimum atomic E-state index is -0.0344. The first-order valence-corrected chi connectivity index (χ1v) is 44.3. The molecule has 122 heavy (non-hydrogen) atoms. The van der Waals surface area contributed by atoms with Gasteiger partial charge in [0.25, 0.3) is 0 Å². The highest BCUT2D eigenvalue weighted by Crippen LogP contribution is 2.52. The zero-order valence-electron chi connectivity index (χ0n) is 67.3. The molecule has 584 valence electrons. The fourth-order valence-electron chi connectivity index (χ4n) is 17.2. The summed E-state index contributed by atoms with van der Waals surface area (Å²) in [6, 6.07) is 165. The summed E-state index contributed by atoms with van der Waals surface area (Å²) in [5.41, 5.74) is 32.2. The van der Waals surface area contributed by atoms with Crippen LogP contribution in [0, 0.1) is 0 Å². The van der Waals surface area contributed by atoms with Crippen LogP contribution in [-0.2, 0) is 5.41 Å². The molecule has 0 radical (unpaired) electrons. The summed E-state index contributed by atoms with van der Waals surface area (Å²) < 4.78 is 5.77. The highest BCUT2D eigenvalue weighted by Gasteiger charge is 2.35. The predicted octanol–water partition coefficient (Wildman–Crippen LogP) is 35.3. The van der Waals surface area contributed by atoms with Crippen molar-refractivity contribution in [1.82, 2.24) is 0 Å². The molecule has 1 aromatic heterocycles. The van der Waals surface area contributed by atoms with E-state index in [1.807, 2.05) is 11.3 Å². The summed E-state index contributed by atoms with van der Waals surface area (Å²) >= 11 is 13.4. The molecule has 0 bridgehead atoms. The lowest BCUT2D eigenvalue weighted by Crippen LogP contribution is -2.14. The molecule has 0 unspecified atom stereocenters. The van der Waals surface area contributed by atoms with E-state index in [-0.39, 0.29) is 5.41 Å². The maximum absolute atomic E-state index is 3.88. The average Bonchev–Trinajstić information content (AvgIpc) is 1.57. The maximum atomic E-state index is 3.88. The van der Waals surface area contributed by atoms with Gasteiger partial charge in [0.15, 0.2) is 0 Å². The quantitative estimate of drug-likeness (QED) is 0.0955. The van der Waals surface area contributed by atoms with Crippen LogP contribution in [0.2, 0.25) is 0 Å². The number of halogens is 3. The maximum Gasteiger partial charge on any atom is 0.0540 e. The number of hydrogen-bond acceptors (Lipinski definition) is 4. The third kappa shape index (κ3) is 16.4. The summed E-state index contributed by atoms with van der Waals surface area (Å²) in [7, 11) is 0. The van der Waals surface area contributed by atoms with E-state index in [1.54, 1.807) is 0 Å². The molecule has 0 amide bonds. The molecule has 19 aromatic carbocycles. The van der Waals surface area contributed by atoms with E-state index in [4.69, 9.17) is 0 Å². The second-order valence-corrected chi connectivity index (χ2v) is 35.0. The van der Waals surface area contributed by atoms with Crippen molar-refractivity contribution in [2.45, 2.75) is 19.3 Å². The SMILES string of the molecule is Brc1cc(-c2cc(-c3ccccc3)cc(-c3ccccc3)c2)cc(N(c2ccccc2)c2cccc(-c3ccccc3)c2)c1.Brc1cc(-c2cccc3c2sc2ccccc23)cc(N(c2ccccc2)c2cccc3ccccc23)c1.CC1(C)c2ccccc2-c2ccc(-c3cc(Br)cc(N(c4ccccc4)c4ccc(-c5ccccc5)cc4)c3)cc21. The number of benzene rings is 19. The van der Waals surface area contributed by atoms with Crippen LogP contribution < -0.4 is 14.7 Å². The van der Waals surface area contributed by atoms with Crippen molar-refractivity contribution in [2.75, 3.05) is 14.7 Å². The molecule has 0 spiro atoms. The Morgan fingerprint density at radius 1 is 0.205 bits per heavy atom. The molecular formula is C115H82Br3N3S. The molecule has 21 rings (SSSR count). The van der Waals surface area contributed by atoms with Gasteiger partial charge in [0.1, 0.15) is 0 Å². The zero-order chi connectivity index (χ0) is 82.5. The molecule has 1 heterocycles. The van der Waals surface area contributed by atoms with Crippen molar-refractivity contribution >= 4 is 141 Å². The smallest absolute Gasteiger partial charge is 0.0540 e. The van der Waals surface area contributed by atoms with Crippen molar-refractivity contribution in [3.8, 4) is 89.0 Å². The minimum Gasteiger partial charge on any atom is -0.310 e. The first-order chi connectivity index (χ1) is 60.0. The zero-order valence-corrected chi connectivity index (χ0v) is 72.8. The van der Waals surface area contributed by atoms with Crippen LogP contribution in [0.4, 0.5) is 51.2 Å². The monoisotopic (exact) mass is 1770 g/mol. The van der Waals surface area contributed by atoms with Crippen molar-refractivity contribution < 1.29 is 0 Å². The van der Waals surface area contributed by atoms with Gasteiger partial charge in [-0.1, -0.05) is 371 Å². The lowest BCUT2D eigenvalue weighted by atomic mass is 9.81. The van der Waals surface area contributed by atoms with Crippen LogP contribution >= 0.6 is 59.1 Å². The first-order valence-electron chi connectivity index (χ1n) is 41.1. The van der Waals surface area contributed by atoms with E-state index in [2.05, 4.69) is 537 Å².